The van der Waals surface area contributed by atoms with Crippen molar-refractivity contribution in [2.24, 2.45) is 0 Å². The zero-order chi connectivity index (χ0) is 13.9. The van der Waals surface area contributed by atoms with E-state index in [0.717, 1.165) is 21.5 Å². The Kier molecular flexibility index (Phi) is 4.70. The molecule has 0 spiro atoms. The third-order valence-corrected chi connectivity index (χ3v) is 4.17. The number of halogens is 1. The van der Waals surface area contributed by atoms with Crippen molar-refractivity contribution in [3.8, 4) is 11.5 Å². The van der Waals surface area contributed by atoms with E-state index in [1.807, 2.05) is 12.1 Å². The van der Waals surface area contributed by atoms with E-state index in [-0.39, 0.29) is 5.75 Å². The van der Waals surface area contributed by atoms with Crippen molar-refractivity contribution in [3.63, 3.8) is 0 Å². The van der Waals surface area contributed by atoms with Crippen molar-refractivity contribution in [3.05, 3.63) is 22.2 Å². The van der Waals surface area contributed by atoms with Gasteiger partial charge < -0.3 is 14.8 Å². The van der Waals surface area contributed by atoms with E-state index in [0.29, 0.717) is 26.3 Å². The highest BCUT2D eigenvalue weighted by molar-refractivity contribution is 9.10. The second-order valence-corrected chi connectivity index (χ2v) is 7.52. The molecule has 19 heavy (non-hydrogen) atoms. The zero-order valence-corrected chi connectivity index (χ0v) is 13.0. The van der Waals surface area contributed by atoms with Crippen LogP contribution >= 0.6 is 15.9 Å². The van der Waals surface area contributed by atoms with Crippen LogP contribution in [0.2, 0.25) is 0 Å². The standard InChI is InChI=1S/C12H16BrNO4S/c1-19(15,16)5-2-14-8-9-6-10(13)12-11(7-9)17-3-4-18-12/h6-7,14H,2-5,8H2,1H3. The summed E-state index contributed by atoms with van der Waals surface area (Å²) in [5, 5.41) is 3.10. The summed E-state index contributed by atoms with van der Waals surface area (Å²) in [5.41, 5.74) is 1.02. The van der Waals surface area contributed by atoms with E-state index in [9.17, 15) is 8.42 Å². The Labute approximate surface area is 121 Å². The molecule has 0 amide bonds. The highest BCUT2D eigenvalue weighted by Gasteiger charge is 2.16. The number of ether oxygens (including phenoxy) is 2. The maximum Gasteiger partial charge on any atom is 0.175 e. The molecule has 0 saturated heterocycles. The summed E-state index contributed by atoms with van der Waals surface area (Å²) in [5.74, 6) is 1.59. The number of rotatable bonds is 5. The van der Waals surface area contributed by atoms with Gasteiger partial charge in [0, 0.05) is 19.3 Å². The topological polar surface area (TPSA) is 64.6 Å². The number of hydrogen-bond donors (Lipinski definition) is 1. The average molecular weight is 350 g/mol. The van der Waals surface area contributed by atoms with Crippen LogP contribution in [0.4, 0.5) is 0 Å². The summed E-state index contributed by atoms with van der Waals surface area (Å²) in [6.45, 7) is 2.12. The molecular weight excluding hydrogens is 334 g/mol. The first-order valence-electron chi connectivity index (χ1n) is 5.92. The fraction of sp³-hybridized carbons (Fsp3) is 0.500. The Morgan fingerprint density at radius 1 is 1.32 bits per heavy atom. The molecule has 0 aliphatic carbocycles. The molecule has 7 heteroatoms. The van der Waals surface area contributed by atoms with Crippen LogP contribution in [-0.4, -0.2) is 40.2 Å². The van der Waals surface area contributed by atoms with Gasteiger partial charge in [0.25, 0.3) is 0 Å². The molecule has 1 aliphatic heterocycles. The Balaban J connectivity index is 1.96. The third-order valence-electron chi connectivity index (χ3n) is 2.64. The average Bonchev–Trinajstić information content (AvgIpc) is 2.34. The third kappa shape index (κ3) is 4.36. The summed E-state index contributed by atoms with van der Waals surface area (Å²) in [4.78, 5) is 0. The summed E-state index contributed by atoms with van der Waals surface area (Å²) in [7, 11) is -2.92. The number of nitrogens with one attached hydrogen (secondary N) is 1. The van der Waals surface area contributed by atoms with Gasteiger partial charge in [-0.25, -0.2) is 8.42 Å². The summed E-state index contributed by atoms with van der Waals surface area (Å²) in [6, 6.07) is 3.85. The number of fused-ring (bicyclic) bond motifs is 1. The van der Waals surface area contributed by atoms with Gasteiger partial charge in [0.15, 0.2) is 11.5 Å². The maximum absolute atomic E-state index is 11.0. The van der Waals surface area contributed by atoms with E-state index in [1.54, 1.807) is 0 Å². The van der Waals surface area contributed by atoms with Crippen molar-refractivity contribution >= 4 is 25.8 Å². The molecule has 0 radical (unpaired) electrons. The SMILES string of the molecule is CS(=O)(=O)CCNCc1cc(Br)c2c(c1)OCCO2. The first-order chi connectivity index (χ1) is 8.96. The number of hydrogen-bond acceptors (Lipinski definition) is 5. The lowest BCUT2D eigenvalue weighted by Crippen LogP contribution is -2.22. The minimum atomic E-state index is -2.92. The Morgan fingerprint density at radius 3 is 2.79 bits per heavy atom. The van der Waals surface area contributed by atoms with Gasteiger partial charge in [-0.3, -0.25) is 0 Å². The van der Waals surface area contributed by atoms with Crippen molar-refractivity contribution in [1.82, 2.24) is 5.32 Å². The zero-order valence-electron chi connectivity index (χ0n) is 10.6. The van der Waals surface area contributed by atoms with E-state index in [4.69, 9.17) is 9.47 Å². The first kappa shape index (κ1) is 14.6. The molecule has 1 aliphatic rings. The molecule has 0 fully saturated rings. The highest BCUT2D eigenvalue weighted by atomic mass is 79.9. The van der Waals surface area contributed by atoms with E-state index in [2.05, 4.69) is 21.2 Å². The molecule has 0 atom stereocenters. The molecule has 1 heterocycles. The van der Waals surface area contributed by atoms with E-state index in [1.165, 1.54) is 6.26 Å². The summed E-state index contributed by atoms with van der Waals surface area (Å²) < 4.78 is 33.9. The smallest absolute Gasteiger partial charge is 0.175 e. The lowest BCUT2D eigenvalue weighted by Gasteiger charge is -2.20. The second kappa shape index (κ2) is 6.11. The fourth-order valence-corrected chi connectivity index (χ4v) is 2.88. The summed E-state index contributed by atoms with van der Waals surface area (Å²) >= 11 is 3.44. The Morgan fingerprint density at radius 2 is 2.05 bits per heavy atom. The van der Waals surface area contributed by atoms with Gasteiger partial charge in [-0.1, -0.05) is 0 Å². The first-order valence-corrected chi connectivity index (χ1v) is 8.77. The molecule has 1 aromatic rings. The molecule has 0 unspecified atom stereocenters. The highest BCUT2D eigenvalue weighted by Crippen LogP contribution is 2.38. The van der Waals surface area contributed by atoms with Crippen LogP contribution in [0.15, 0.2) is 16.6 Å². The molecule has 2 rings (SSSR count). The van der Waals surface area contributed by atoms with Crippen LogP contribution in [0, 0.1) is 0 Å². The van der Waals surface area contributed by atoms with Crippen LogP contribution in [0.3, 0.4) is 0 Å². The van der Waals surface area contributed by atoms with Crippen molar-refractivity contribution < 1.29 is 17.9 Å². The van der Waals surface area contributed by atoms with Crippen LogP contribution < -0.4 is 14.8 Å². The van der Waals surface area contributed by atoms with E-state index >= 15 is 0 Å². The van der Waals surface area contributed by atoms with Gasteiger partial charge in [-0.05, 0) is 33.6 Å². The molecule has 1 N–H and O–H groups in total. The lowest BCUT2D eigenvalue weighted by molar-refractivity contribution is 0.170. The van der Waals surface area contributed by atoms with Gasteiger partial charge in [-0.15, -0.1) is 0 Å². The lowest BCUT2D eigenvalue weighted by atomic mass is 10.2. The summed E-state index contributed by atoms with van der Waals surface area (Å²) in [6.07, 6.45) is 1.23. The molecule has 0 aromatic heterocycles. The number of benzene rings is 1. The largest absolute Gasteiger partial charge is 0.486 e. The molecular formula is C12H16BrNO4S. The quantitative estimate of drug-likeness (QED) is 0.813. The molecule has 106 valence electrons. The molecule has 0 bridgehead atoms. The predicted molar refractivity (Wildman–Crippen MR) is 76.5 cm³/mol. The Bertz CT molecular complexity index is 559. The maximum atomic E-state index is 11.0. The minimum absolute atomic E-state index is 0.138. The number of sulfone groups is 1. The fourth-order valence-electron chi connectivity index (χ4n) is 1.76. The molecule has 0 saturated carbocycles. The van der Waals surface area contributed by atoms with Gasteiger partial charge in [-0.2, -0.15) is 0 Å². The second-order valence-electron chi connectivity index (χ2n) is 4.41. The van der Waals surface area contributed by atoms with Crippen molar-refractivity contribution in [2.75, 3.05) is 31.8 Å². The monoisotopic (exact) mass is 349 g/mol. The normalized spacial score (nSPS) is 14.4. The Hall–Kier alpha value is -0.790. The van der Waals surface area contributed by atoms with Crippen LogP contribution in [-0.2, 0) is 16.4 Å². The predicted octanol–water partition coefficient (Wildman–Crippen LogP) is 1.35. The van der Waals surface area contributed by atoms with Crippen LogP contribution in [0.5, 0.6) is 11.5 Å². The van der Waals surface area contributed by atoms with Crippen LogP contribution in [0.25, 0.3) is 0 Å². The van der Waals surface area contributed by atoms with Gasteiger partial charge >= 0.3 is 0 Å². The van der Waals surface area contributed by atoms with Gasteiger partial charge in [0.2, 0.25) is 0 Å². The minimum Gasteiger partial charge on any atom is -0.486 e. The molecule has 1 aromatic carbocycles. The van der Waals surface area contributed by atoms with Crippen molar-refractivity contribution in [1.29, 1.82) is 0 Å². The van der Waals surface area contributed by atoms with Gasteiger partial charge in [0.1, 0.15) is 23.1 Å². The molecule has 5 nitrogen and oxygen atoms in total. The van der Waals surface area contributed by atoms with Gasteiger partial charge in [0.05, 0.1) is 10.2 Å². The van der Waals surface area contributed by atoms with Crippen LogP contribution in [0.1, 0.15) is 5.56 Å². The van der Waals surface area contributed by atoms with E-state index < -0.39 is 9.84 Å². The van der Waals surface area contributed by atoms with Crippen molar-refractivity contribution in [2.45, 2.75) is 6.54 Å².